The first-order chi connectivity index (χ1) is 13.8. The molecule has 1 heterocycles. The molecule has 0 spiro atoms. The summed E-state index contributed by atoms with van der Waals surface area (Å²) in [5.74, 6) is -0.514. The van der Waals surface area contributed by atoms with E-state index in [0.29, 0.717) is 30.3 Å². The number of ether oxygens (including phenoxy) is 2. The predicted octanol–water partition coefficient (Wildman–Crippen LogP) is 4.65. The van der Waals surface area contributed by atoms with Crippen molar-refractivity contribution in [3.8, 4) is 5.75 Å². The monoisotopic (exact) mass is 427 g/mol. The van der Waals surface area contributed by atoms with Crippen molar-refractivity contribution >= 4 is 17.5 Å². The molecule has 0 bridgehead atoms. The third kappa shape index (κ3) is 6.11. The normalized spacial score (nSPS) is 16.3. The molecule has 156 valence electrons. The van der Waals surface area contributed by atoms with Crippen molar-refractivity contribution in [2.75, 3.05) is 19.8 Å². The molecule has 2 aromatic carbocycles. The molecule has 1 saturated heterocycles. The quantitative estimate of drug-likeness (QED) is 0.730. The maximum atomic E-state index is 12.4. The first-order valence-corrected chi connectivity index (χ1v) is 9.59. The summed E-state index contributed by atoms with van der Waals surface area (Å²) in [7, 11) is 0. The van der Waals surface area contributed by atoms with Gasteiger partial charge in [-0.05, 0) is 48.2 Å². The molecule has 29 heavy (non-hydrogen) atoms. The Morgan fingerprint density at radius 3 is 2.28 bits per heavy atom. The van der Waals surface area contributed by atoms with E-state index in [4.69, 9.17) is 16.3 Å². The van der Waals surface area contributed by atoms with Crippen molar-refractivity contribution in [3.63, 3.8) is 0 Å². The summed E-state index contributed by atoms with van der Waals surface area (Å²) in [4.78, 5) is 12.4. The Morgan fingerprint density at radius 2 is 1.69 bits per heavy atom. The highest BCUT2D eigenvalue weighted by Crippen LogP contribution is 2.35. The van der Waals surface area contributed by atoms with Crippen molar-refractivity contribution in [1.29, 1.82) is 0 Å². The highest BCUT2D eigenvalue weighted by atomic mass is 35.5. The molecule has 0 aromatic heterocycles. The molecule has 0 saturated carbocycles. The van der Waals surface area contributed by atoms with Gasteiger partial charge >= 0.3 is 6.36 Å². The standard InChI is InChI=1S/C21H21ClF3NO3/c22-17-5-3-16(4-6-17)20(9-11-28-12-10-20)14-26-19(27)13-15-1-7-18(8-2-15)29-21(23,24)25/h1-8H,9-14H2,(H,26,27). The van der Waals surface area contributed by atoms with E-state index < -0.39 is 6.36 Å². The van der Waals surface area contributed by atoms with Gasteiger partial charge in [-0.3, -0.25) is 4.79 Å². The summed E-state index contributed by atoms with van der Waals surface area (Å²) in [6, 6.07) is 12.9. The molecule has 1 fully saturated rings. The van der Waals surface area contributed by atoms with E-state index in [1.807, 2.05) is 24.3 Å². The fourth-order valence-electron chi connectivity index (χ4n) is 3.46. The minimum Gasteiger partial charge on any atom is -0.406 e. The minimum atomic E-state index is -4.74. The van der Waals surface area contributed by atoms with Crippen molar-refractivity contribution in [1.82, 2.24) is 5.32 Å². The Morgan fingerprint density at radius 1 is 1.07 bits per heavy atom. The maximum Gasteiger partial charge on any atom is 0.573 e. The van der Waals surface area contributed by atoms with Gasteiger partial charge in [0.05, 0.1) is 6.42 Å². The number of nitrogens with one attached hydrogen (secondary N) is 1. The van der Waals surface area contributed by atoms with Crippen molar-refractivity contribution in [2.45, 2.75) is 31.0 Å². The summed E-state index contributed by atoms with van der Waals surface area (Å²) in [5.41, 5.74) is 1.46. The van der Waals surface area contributed by atoms with Crippen LogP contribution in [-0.4, -0.2) is 32.0 Å². The van der Waals surface area contributed by atoms with Gasteiger partial charge in [0.2, 0.25) is 5.91 Å². The van der Waals surface area contributed by atoms with E-state index in [0.717, 1.165) is 18.4 Å². The summed E-state index contributed by atoms with van der Waals surface area (Å²) >= 11 is 5.99. The Labute approximate surface area is 172 Å². The van der Waals surface area contributed by atoms with Crippen LogP contribution in [0.25, 0.3) is 0 Å². The molecule has 1 N–H and O–H groups in total. The molecule has 0 atom stereocenters. The molecule has 2 aromatic rings. The number of amides is 1. The number of carbonyl (C=O) groups is 1. The zero-order valence-corrected chi connectivity index (χ0v) is 16.4. The lowest BCUT2D eigenvalue weighted by Crippen LogP contribution is -2.45. The lowest BCUT2D eigenvalue weighted by molar-refractivity contribution is -0.274. The van der Waals surface area contributed by atoms with Crippen LogP contribution < -0.4 is 10.1 Å². The van der Waals surface area contributed by atoms with Crippen molar-refractivity contribution in [3.05, 3.63) is 64.7 Å². The van der Waals surface area contributed by atoms with E-state index in [2.05, 4.69) is 10.1 Å². The largest absolute Gasteiger partial charge is 0.573 e. The van der Waals surface area contributed by atoms with Crippen LogP contribution in [0.15, 0.2) is 48.5 Å². The number of alkyl halides is 3. The number of hydrogen-bond acceptors (Lipinski definition) is 3. The second kappa shape index (κ2) is 9.05. The van der Waals surface area contributed by atoms with E-state index in [1.54, 1.807) is 0 Å². The number of carbonyl (C=O) groups excluding carboxylic acids is 1. The smallest absolute Gasteiger partial charge is 0.406 e. The molecule has 4 nitrogen and oxygen atoms in total. The van der Waals surface area contributed by atoms with Crippen LogP contribution in [0.3, 0.4) is 0 Å². The zero-order valence-electron chi connectivity index (χ0n) is 15.6. The second-order valence-electron chi connectivity index (χ2n) is 7.04. The summed E-state index contributed by atoms with van der Waals surface area (Å²) in [6.07, 6.45) is -3.12. The third-order valence-electron chi connectivity index (χ3n) is 5.05. The van der Waals surface area contributed by atoms with Gasteiger partial charge in [0.1, 0.15) is 5.75 Å². The van der Waals surface area contributed by atoms with Gasteiger partial charge in [-0.2, -0.15) is 0 Å². The van der Waals surface area contributed by atoms with Gasteiger partial charge in [0.15, 0.2) is 0 Å². The molecule has 8 heteroatoms. The molecule has 1 amide bonds. The fourth-order valence-corrected chi connectivity index (χ4v) is 3.58. The van der Waals surface area contributed by atoms with Crippen LogP contribution in [0.5, 0.6) is 5.75 Å². The Bertz CT molecular complexity index is 817. The topological polar surface area (TPSA) is 47.6 Å². The molecule has 1 aliphatic heterocycles. The molecule has 1 aliphatic rings. The molecular weight excluding hydrogens is 407 g/mol. The fraction of sp³-hybridized carbons (Fsp3) is 0.381. The lowest BCUT2D eigenvalue weighted by atomic mass is 9.74. The molecule has 0 radical (unpaired) electrons. The highest BCUT2D eigenvalue weighted by Gasteiger charge is 2.35. The van der Waals surface area contributed by atoms with Crippen LogP contribution in [0.1, 0.15) is 24.0 Å². The summed E-state index contributed by atoms with van der Waals surface area (Å²) in [5, 5.41) is 3.62. The Balaban J connectivity index is 1.61. The molecule has 0 aliphatic carbocycles. The van der Waals surface area contributed by atoms with Crippen LogP contribution in [0.4, 0.5) is 13.2 Å². The highest BCUT2D eigenvalue weighted by molar-refractivity contribution is 6.30. The second-order valence-corrected chi connectivity index (χ2v) is 7.48. The van der Waals surface area contributed by atoms with Crippen LogP contribution in [-0.2, 0) is 21.4 Å². The Hall–Kier alpha value is -2.25. The van der Waals surface area contributed by atoms with Gasteiger partial charge in [-0.15, -0.1) is 13.2 Å². The van der Waals surface area contributed by atoms with E-state index in [1.165, 1.54) is 24.3 Å². The maximum absolute atomic E-state index is 12.4. The van der Waals surface area contributed by atoms with Crippen LogP contribution in [0.2, 0.25) is 5.02 Å². The third-order valence-corrected chi connectivity index (χ3v) is 5.30. The number of halogens is 4. The summed E-state index contributed by atoms with van der Waals surface area (Å²) in [6.45, 7) is 1.67. The van der Waals surface area contributed by atoms with Crippen LogP contribution >= 0.6 is 11.6 Å². The molecular formula is C21H21ClF3NO3. The first kappa shape index (κ1) is 21.5. The average molecular weight is 428 g/mol. The van der Waals surface area contributed by atoms with E-state index >= 15 is 0 Å². The van der Waals surface area contributed by atoms with Gasteiger partial charge in [0.25, 0.3) is 0 Å². The number of benzene rings is 2. The lowest BCUT2D eigenvalue weighted by Gasteiger charge is -2.38. The molecule has 3 rings (SSSR count). The Kier molecular flexibility index (Phi) is 6.70. The van der Waals surface area contributed by atoms with Crippen molar-refractivity contribution in [2.24, 2.45) is 0 Å². The zero-order chi connectivity index (χ0) is 20.9. The first-order valence-electron chi connectivity index (χ1n) is 9.21. The van der Waals surface area contributed by atoms with E-state index in [9.17, 15) is 18.0 Å². The van der Waals surface area contributed by atoms with Gasteiger partial charge in [-0.1, -0.05) is 35.9 Å². The predicted molar refractivity (Wildman–Crippen MR) is 103 cm³/mol. The van der Waals surface area contributed by atoms with Gasteiger partial charge in [-0.25, -0.2) is 0 Å². The van der Waals surface area contributed by atoms with Gasteiger partial charge < -0.3 is 14.8 Å². The van der Waals surface area contributed by atoms with Gasteiger partial charge in [0, 0.05) is 30.2 Å². The average Bonchev–Trinajstić information content (AvgIpc) is 2.68. The molecule has 0 unspecified atom stereocenters. The van der Waals surface area contributed by atoms with Crippen molar-refractivity contribution < 1.29 is 27.4 Å². The summed E-state index contributed by atoms with van der Waals surface area (Å²) < 4.78 is 46.0. The number of hydrogen-bond donors (Lipinski definition) is 1. The number of rotatable bonds is 6. The van der Waals surface area contributed by atoms with E-state index in [-0.39, 0.29) is 23.5 Å². The van der Waals surface area contributed by atoms with Crippen LogP contribution in [0, 0.1) is 0 Å². The SMILES string of the molecule is O=C(Cc1ccc(OC(F)(F)F)cc1)NCC1(c2ccc(Cl)cc2)CCOCC1. The minimum absolute atomic E-state index is 0.0689.